The number of benzene rings is 3. The van der Waals surface area contributed by atoms with Crippen molar-refractivity contribution in [1.82, 2.24) is 0 Å². The average molecular weight is 450 g/mol. The van der Waals surface area contributed by atoms with E-state index in [1.54, 1.807) is 12.1 Å². The van der Waals surface area contributed by atoms with Gasteiger partial charge in [-0.05, 0) is 36.4 Å². The SMILES string of the molecule is O=C(Nc1ccc(S(=O)(=O)Nc2cccc([N+](=O)[O-])c2)cc1F)c1ccccc1Cl. The van der Waals surface area contributed by atoms with Crippen LogP contribution in [0, 0.1) is 15.9 Å². The van der Waals surface area contributed by atoms with E-state index in [9.17, 15) is 27.7 Å². The number of non-ortho nitro benzene ring substituents is 1. The van der Waals surface area contributed by atoms with Crippen LogP contribution < -0.4 is 10.0 Å². The molecule has 30 heavy (non-hydrogen) atoms. The van der Waals surface area contributed by atoms with Gasteiger partial charge in [0.05, 0.1) is 31.8 Å². The fourth-order valence-corrected chi connectivity index (χ4v) is 3.78. The van der Waals surface area contributed by atoms with E-state index in [0.717, 1.165) is 24.3 Å². The molecule has 8 nitrogen and oxygen atoms in total. The van der Waals surface area contributed by atoms with Gasteiger partial charge in [-0.2, -0.15) is 0 Å². The molecule has 3 rings (SSSR count). The Morgan fingerprint density at radius 1 is 1.03 bits per heavy atom. The van der Waals surface area contributed by atoms with Gasteiger partial charge < -0.3 is 5.32 Å². The van der Waals surface area contributed by atoms with E-state index in [4.69, 9.17) is 11.6 Å². The molecule has 0 aliphatic carbocycles. The van der Waals surface area contributed by atoms with Gasteiger partial charge in [0, 0.05) is 12.1 Å². The number of rotatable bonds is 6. The lowest BCUT2D eigenvalue weighted by Gasteiger charge is -2.11. The van der Waals surface area contributed by atoms with Gasteiger partial charge in [-0.3, -0.25) is 19.6 Å². The third-order valence-electron chi connectivity index (χ3n) is 3.93. The average Bonchev–Trinajstić information content (AvgIpc) is 2.69. The third-order valence-corrected chi connectivity index (χ3v) is 5.64. The van der Waals surface area contributed by atoms with Crippen molar-refractivity contribution in [2.45, 2.75) is 4.90 Å². The van der Waals surface area contributed by atoms with Crippen molar-refractivity contribution in [2.24, 2.45) is 0 Å². The maximum absolute atomic E-state index is 14.4. The second-order valence-electron chi connectivity index (χ2n) is 5.99. The van der Waals surface area contributed by atoms with Crippen LogP contribution in [0.5, 0.6) is 0 Å². The Balaban J connectivity index is 1.82. The fraction of sp³-hybridized carbons (Fsp3) is 0. The van der Waals surface area contributed by atoms with Crippen LogP contribution in [0.15, 0.2) is 71.6 Å². The van der Waals surface area contributed by atoms with E-state index < -0.39 is 31.6 Å². The van der Waals surface area contributed by atoms with Gasteiger partial charge in [0.2, 0.25) is 0 Å². The Kier molecular flexibility index (Phi) is 5.99. The zero-order valence-corrected chi connectivity index (χ0v) is 16.6. The molecule has 0 atom stereocenters. The molecule has 0 saturated heterocycles. The topological polar surface area (TPSA) is 118 Å². The molecule has 0 saturated carbocycles. The van der Waals surface area contributed by atoms with Crippen molar-refractivity contribution < 1.29 is 22.5 Å². The number of halogens is 2. The Bertz CT molecular complexity index is 1250. The zero-order chi connectivity index (χ0) is 21.9. The summed E-state index contributed by atoms with van der Waals surface area (Å²) in [7, 11) is -4.23. The van der Waals surface area contributed by atoms with Crippen molar-refractivity contribution in [2.75, 3.05) is 10.0 Å². The molecule has 0 aromatic heterocycles. The van der Waals surface area contributed by atoms with Crippen LogP contribution in [0.4, 0.5) is 21.5 Å². The predicted molar refractivity (Wildman–Crippen MR) is 110 cm³/mol. The standard InChI is InChI=1S/C19H13ClFN3O5S/c20-16-7-2-1-6-15(16)19(25)22-18-9-8-14(11-17(18)21)30(28,29)23-12-4-3-5-13(10-12)24(26)27/h1-11,23H,(H,22,25). The van der Waals surface area contributed by atoms with E-state index in [2.05, 4.69) is 10.0 Å². The monoisotopic (exact) mass is 449 g/mol. The minimum Gasteiger partial charge on any atom is -0.319 e. The number of nitrogens with one attached hydrogen (secondary N) is 2. The molecular formula is C19H13ClFN3O5S. The van der Waals surface area contributed by atoms with Crippen molar-refractivity contribution in [3.63, 3.8) is 0 Å². The van der Waals surface area contributed by atoms with Crippen molar-refractivity contribution in [3.05, 3.63) is 93.2 Å². The summed E-state index contributed by atoms with van der Waals surface area (Å²) in [6.07, 6.45) is 0. The summed E-state index contributed by atoms with van der Waals surface area (Å²) in [5, 5.41) is 13.3. The van der Waals surface area contributed by atoms with Crippen LogP contribution in [-0.4, -0.2) is 19.2 Å². The molecule has 0 radical (unpaired) electrons. The lowest BCUT2D eigenvalue weighted by molar-refractivity contribution is -0.384. The molecule has 0 heterocycles. The number of carbonyl (C=O) groups is 1. The summed E-state index contributed by atoms with van der Waals surface area (Å²) in [5.41, 5.74) is -0.475. The van der Waals surface area contributed by atoms with Crippen LogP contribution in [0.1, 0.15) is 10.4 Å². The molecular weight excluding hydrogens is 437 g/mol. The lowest BCUT2D eigenvalue weighted by atomic mass is 10.2. The second kappa shape index (κ2) is 8.47. The summed E-state index contributed by atoms with van der Waals surface area (Å²) in [6, 6.07) is 13.9. The summed E-state index contributed by atoms with van der Waals surface area (Å²) < 4.78 is 41.5. The minimum absolute atomic E-state index is 0.0549. The first kappa shape index (κ1) is 21.2. The largest absolute Gasteiger partial charge is 0.319 e. The molecule has 0 bridgehead atoms. The lowest BCUT2D eigenvalue weighted by Crippen LogP contribution is -2.16. The number of hydrogen-bond acceptors (Lipinski definition) is 5. The van der Waals surface area contributed by atoms with E-state index >= 15 is 0 Å². The highest BCUT2D eigenvalue weighted by atomic mass is 35.5. The number of amides is 1. The molecule has 154 valence electrons. The van der Waals surface area contributed by atoms with E-state index in [0.29, 0.717) is 0 Å². The molecule has 2 N–H and O–H groups in total. The summed E-state index contributed by atoms with van der Waals surface area (Å²) in [5.74, 6) is -1.65. The number of carbonyl (C=O) groups excluding carboxylic acids is 1. The van der Waals surface area contributed by atoms with Crippen LogP contribution in [-0.2, 0) is 10.0 Å². The molecule has 0 spiro atoms. The normalized spacial score (nSPS) is 11.0. The van der Waals surface area contributed by atoms with Crippen LogP contribution in [0.2, 0.25) is 5.02 Å². The molecule has 3 aromatic carbocycles. The van der Waals surface area contributed by atoms with Crippen molar-refractivity contribution in [1.29, 1.82) is 0 Å². The Morgan fingerprint density at radius 2 is 1.77 bits per heavy atom. The van der Waals surface area contributed by atoms with Gasteiger partial charge in [-0.15, -0.1) is 0 Å². The van der Waals surface area contributed by atoms with E-state index in [1.165, 1.54) is 30.3 Å². The van der Waals surface area contributed by atoms with E-state index in [-0.39, 0.29) is 27.6 Å². The van der Waals surface area contributed by atoms with E-state index in [1.807, 2.05) is 0 Å². The number of nitro groups is 1. The number of nitrogens with zero attached hydrogens (tertiary/aromatic N) is 1. The first-order chi connectivity index (χ1) is 14.2. The van der Waals surface area contributed by atoms with Crippen molar-refractivity contribution in [3.8, 4) is 0 Å². The molecule has 0 aliphatic heterocycles. The Labute approximate surface area is 175 Å². The number of anilines is 2. The van der Waals surface area contributed by atoms with Gasteiger partial charge in [-0.1, -0.05) is 29.8 Å². The number of nitro benzene ring substituents is 1. The molecule has 3 aromatic rings. The minimum atomic E-state index is -4.23. The highest BCUT2D eigenvalue weighted by Gasteiger charge is 2.19. The molecule has 1 amide bonds. The summed E-state index contributed by atoms with van der Waals surface area (Å²) >= 11 is 5.93. The Morgan fingerprint density at radius 3 is 2.43 bits per heavy atom. The quantitative estimate of drug-likeness (QED) is 0.426. The molecule has 0 fully saturated rings. The maximum atomic E-state index is 14.4. The first-order valence-electron chi connectivity index (χ1n) is 8.30. The van der Waals surface area contributed by atoms with Crippen LogP contribution >= 0.6 is 11.6 Å². The van der Waals surface area contributed by atoms with Crippen LogP contribution in [0.25, 0.3) is 0 Å². The predicted octanol–water partition coefficient (Wildman–Crippen LogP) is 4.44. The molecule has 0 aliphatic rings. The Hall–Kier alpha value is -3.50. The summed E-state index contributed by atoms with van der Waals surface area (Å²) in [4.78, 5) is 22.0. The maximum Gasteiger partial charge on any atom is 0.271 e. The van der Waals surface area contributed by atoms with Crippen LogP contribution in [0.3, 0.4) is 0 Å². The highest BCUT2D eigenvalue weighted by molar-refractivity contribution is 7.92. The van der Waals surface area contributed by atoms with Gasteiger partial charge in [0.25, 0.3) is 21.6 Å². The van der Waals surface area contributed by atoms with Gasteiger partial charge in [0.15, 0.2) is 0 Å². The third kappa shape index (κ3) is 4.73. The smallest absolute Gasteiger partial charge is 0.271 e. The molecule has 0 unspecified atom stereocenters. The van der Waals surface area contributed by atoms with Gasteiger partial charge in [-0.25, -0.2) is 12.8 Å². The summed E-state index contributed by atoms with van der Waals surface area (Å²) in [6.45, 7) is 0. The van der Waals surface area contributed by atoms with Crippen molar-refractivity contribution >= 4 is 44.6 Å². The zero-order valence-electron chi connectivity index (χ0n) is 15.0. The fourth-order valence-electron chi connectivity index (χ4n) is 2.50. The number of hydrogen-bond donors (Lipinski definition) is 2. The molecule has 11 heteroatoms. The first-order valence-corrected chi connectivity index (χ1v) is 10.2. The second-order valence-corrected chi connectivity index (χ2v) is 8.08. The highest BCUT2D eigenvalue weighted by Crippen LogP contribution is 2.24. The van der Waals surface area contributed by atoms with Gasteiger partial charge in [0.1, 0.15) is 5.82 Å². The van der Waals surface area contributed by atoms with Gasteiger partial charge >= 0.3 is 0 Å². The number of sulfonamides is 1.